The highest BCUT2D eigenvalue weighted by molar-refractivity contribution is 5.76. The molecule has 9 nitrogen and oxygen atoms in total. The maximum absolute atomic E-state index is 12.6. The van der Waals surface area contributed by atoms with Crippen LogP contribution in [0.15, 0.2) is 0 Å². The first-order chi connectivity index (χ1) is 24.8. The van der Waals surface area contributed by atoms with Gasteiger partial charge in [0, 0.05) is 6.42 Å². The molecule has 9 heteroatoms. The van der Waals surface area contributed by atoms with Crippen LogP contribution in [-0.2, 0) is 14.3 Å². The van der Waals surface area contributed by atoms with E-state index in [1.807, 2.05) is 0 Å². The van der Waals surface area contributed by atoms with Crippen molar-refractivity contribution in [2.75, 3.05) is 13.2 Å². The van der Waals surface area contributed by atoms with Crippen molar-refractivity contribution >= 4 is 5.91 Å². The van der Waals surface area contributed by atoms with E-state index in [1.165, 1.54) is 141 Å². The van der Waals surface area contributed by atoms with Crippen LogP contribution in [0.2, 0.25) is 0 Å². The molecule has 0 aromatic heterocycles. The lowest BCUT2D eigenvalue weighted by Crippen LogP contribution is -2.60. The summed E-state index contributed by atoms with van der Waals surface area (Å²) < 4.78 is 11.1. The molecule has 0 aromatic carbocycles. The van der Waals surface area contributed by atoms with E-state index in [0.29, 0.717) is 12.8 Å². The number of rotatable bonds is 36. The van der Waals surface area contributed by atoms with Crippen molar-refractivity contribution < 1.29 is 39.8 Å². The second-order valence-electron chi connectivity index (χ2n) is 15.5. The maximum atomic E-state index is 12.6. The summed E-state index contributed by atoms with van der Waals surface area (Å²) in [6.45, 7) is 3.67. The molecule has 7 unspecified atom stereocenters. The Kier molecular flexibility index (Phi) is 31.9. The van der Waals surface area contributed by atoms with Gasteiger partial charge in [-0.05, 0) is 12.8 Å². The van der Waals surface area contributed by atoms with Gasteiger partial charge in [0.05, 0.1) is 25.4 Å². The van der Waals surface area contributed by atoms with Gasteiger partial charge < -0.3 is 40.3 Å². The molecule has 1 rings (SSSR count). The second kappa shape index (κ2) is 33.7. The molecule has 304 valence electrons. The van der Waals surface area contributed by atoms with Crippen LogP contribution in [0.3, 0.4) is 0 Å². The summed E-state index contributed by atoms with van der Waals surface area (Å²) in [5, 5.41) is 53.7. The summed E-state index contributed by atoms with van der Waals surface area (Å²) in [5.74, 6) is -0.167. The standard InChI is InChI=1S/C42H83NO8/c1-3-5-7-8-9-10-11-12-13-14-15-16-17-18-19-20-21-22-23-24-25-26-27-28-30-31-36(45)35(43-38(46)32-29-6-4-2)34-50-42-41(49)40(48)39(47)37(33-44)51-42/h35-37,39-42,44-45,47-49H,3-34H2,1-2H3,(H,43,46). The van der Waals surface area contributed by atoms with Crippen LogP contribution in [0.25, 0.3) is 0 Å². The number of nitrogens with one attached hydrogen (secondary N) is 1. The van der Waals surface area contributed by atoms with Crippen molar-refractivity contribution in [3.05, 3.63) is 0 Å². The molecule has 0 radical (unpaired) electrons. The Morgan fingerprint density at radius 1 is 0.588 bits per heavy atom. The van der Waals surface area contributed by atoms with Crippen LogP contribution in [0, 0.1) is 0 Å². The predicted octanol–water partition coefficient (Wildman–Crippen LogP) is 8.39. The average molecular weight is 730 g/mol. The Morgan fingerprint density at radius 3 is 1.39 bits per heavy atom. The third kappa shape index (κ3) is 25.0. The van der Waals surface area contributed by atoms with Crippen LogP contribution < -0.4 is 5.32 Å². The van der Waals surface area contributed by atoms with E-state index in [4.69, 9.17) is 9.47 Å². The van der Waals surface area contributed by atoms with Gasteiger partial charge in [-0.15, -0.1) is 0 Å². The molecule has 1 aliphatic heterocycles. The van der Waals surface area contributed by atoms with Crippen LogP contribution >= 0.6 is 0 Å². The molecule has 51 heavy (non-hydrogen) atoms. The molecular weight excluding hydrogens is 646 g/mol. The van der Waals surface area contributed by atoms with E-state index in [2.05, 4.69) is 19.2 Å². The minimum atomic E-state index is -1.54. The number of aliphatic hydroxyl groups is 5. The van der Waals surface area contributed by atoms with Crippen molar-refractivity contribution in [3.8, 4) is 0 Å². The van der Waals surface area contributed by atoms with Crippen LogP contribution in [0.5, 0.6) is 0 Å². The average Bonchev–Trinajstić information content (AvgIpc) is 3.13. The lowest BCUT2D eigenvalue weighted by molar-refractivity contribution is -0.302. The topological polar surface area (TPSA) is 149 Å². The van der Waals surface area contributed by atoms with Crippen LogP contribution in [0.4, 0.5) is 0 Å². The van der Waals surface area contributed by atoms with E-state index in [0.717, 1.165) is 38.5 Å². The number of unbranched alkanes of at least 4 members (excludes halogenated alkanes) is 26. The van der Waals surface area contributed by atoms with Gasteiger partial charge in [0.15, 0.2) is 6.29 Å². The first kappa shape index (κ1) is 48.2. The van der Waals surface area contributed by atoms with E-state index < -0.39 is 49.5 Å². The molecule has 1 fully saturated rings. The summed E-state index contributed by atoms with van der Waals surface area (Å²) in [6, 6.07) is -0.708. The highest BCUT2D eigenvalue weighted by Crippen LogP contribution is 2.23. The number of hydrogen-bond acceptors (Lipinski definition) is 8. The molecule has 6 N–H and O–H groups in total. The fourth-order valence-electron chi connectivity index (χ4n) is 7.16. The van der Waals surface area contributed by atoms with Gasteiger partial charge in [-0.2, -0.15) is 0 Å². The molecule has 0 saturated carbocycles. The largest absolute Gasteiger partial charge is 0.394 e. The van der Waals surface area contributed by atoms with Crippen molar-refractivity contribution in [1.82, 2.24) is 5.32 Å². The molecule has 1 amide bonds. The van der Waals surface area contributed by atoms with Crippen LogP contribution in [0.1, 0.15) is 206 Å². The summed E-state index contributed by atoms with van der Waals surface area (Å²) >= 11 is 0. The monoisotopic (exact) mass is 730 g/mol. The van der Waals surface area contributed by atoms with Gasteiger partial charge in [-0.3, -0.25) is 4.79 Å². The quantitative estimate of drug-likeness (QED) is 0.0353. The zero-order chi connectivity index (χ0) is 37.4. The van der Waals surface area contributed by atoms with Gasteiger partial charge in [0.25, 0.3) is 0 Å². The number of ether oxygens (including phenoxy) is 2. The second-order valence-corrected chi connectivity index (χ2v) is 15.5. The third-order valence-corrected chi connectivity index (χ3v) is 10.7. The van der Waals surface area contributed by atoms with Crippen molar-refractivity contribution in [1.29, 1.82) is 0 Å². The number of amides is 1. The van der Waals surface area contributed by atoms with Crippen LogP contribution in [-0.4, -0.2) is 87.5 Å². The SMILES string of the molecule is CCCCCCCCCCCCCCCCCCCCCCCCCCCC(O)C(COC1OC(CO)C(O)C(O)C1O)NC(=O)CCCCC. The highest BCUT2D eigenvalue weighted by atomic mass is 16.7. The molecule has 7 atom stereocenters. The molecule has 0 bridgehead atoms. The summed E-state index contributed by atoms with van der Waals surface area (Å²) in [7, 11) is 0. The lowest BCUT2D eigenvalue weighted by Gasteiger charge is -2.40. The molecule has 0 aliphatic carbocycles. The lowest BCUT2D eigenvalue weighted by atomic mass is 9.99. The first-order valence-corrected chi connectivity index (χ1v) is 21.7. The van der Waals surface area contributed by atoms with Gasteiger partial charge in [-0.25, -0.2) is 0 Å². The Hall–Kier alpha value is -0.810. The summed E-state index contributed by atoms with van der Waals surface area (Å²) in [5.41, 5.74) is 0. The van der Waals surface area contributed by atoms with E-state index >= 15 is 0 Å². The molecule has 0 spiro atoms. The Morgan fingerprint density at radius 2 is 0.980 bits per heavy atom. The van der Waals surface area contributed by atoms with Gasteiger partial charge in [0.1, 0.15) is 24.4 Å². The number of aliphatic hydroxyl groups excluding tert-OH is 5. The number of hydrogen-bond donors (Lipinski definition) is 6. The Balaban J connectivity index is 2.08. The molecule has 1 heterocycles. The third-order valence-electron chi connectivity index (χ3n) is 10.7. The van der Waals surface area contributed by atoms with E-state index in [9.17, 15) is 30.3 Å². The fourth-order valence-corrected chi connectivity index (χ4v) is 7.16. The maximum Gasteiger partial charge on any atom is 0.220 e. The molecule has 0 aromatic rings. The van der Waals surface area contributed by atoms with Gasteiger partial charge in [-0.1, -0.05) is 187 Å². The fraction of sp³-hybridized carbons (Fsp3) is 0.976. The van der Waals surface area contributed by atoms with Crippen molar-refractivity contribution in [3.63, 3.8) is 0 Å². The summed E-state index contributed by atoms with van der Waals surface area (Å²) in [4.78, 5) is 12.6. The van der Waals surface area contributed by atoms with E-state index in [-0.39, 0.29) is 12.5 Å². The van der Waals surface area contributed by atoms with Crippen molar-refractivity contribution in [2.24, 2.45) is 0 Å². The molecule has 1 aliphatic rings. The zero-order valence-corrected chi connectivity index (χ0v) is 33.1. The Labute approximate surface area is 313 Å². The van der Waals surface area contributed by atoms with E-state index in [1.54, 1.807) is 0 Å². The highest BCUT2D eigenvalue weighted by Gasteiger charge is 2.44. The molecule has 1 saturated heterocycles. The Bertz CT molecular complexity index is 771. The zero-order valence-electron chi connectivity index (χ0n) is 33.1. The molecular formula is C42H83NO8. The summed E-state index contributed by atoms with van der Waals surface area (Å²) in [6.07, 6.45) is 29.3. The normalized spacial score (nSPS) is 21.9. The number of carbonyl (C=O) groups is 1. The van der Waals surface area contributed by atoms with Gasteiger partial charge in [0.2, 0.25) is 5.91 Å². The van der Waals surface area contributed by atoms with Gasteiger partial charge >= 0.3 is 0 Å². The minimum absolute atomic E-state index is 0.136. The predicted molar refractivity (Wildman–Crippen MR) is 208 cm³/mol. The number of carbonyl (C=O) groups excluding carboxylic acids is 1. The smallest absolute Gasteiger partial charge is 0.220 e. The first-order valence-electron chi connectivity index (χ1n) is 21.7. The minimum Gasteiger partial charge on any atom is -0.394 e. The van der Waals surface area contributed by atoms with Crippen molar-refractivity contribution in [2.45, 2.75) is 249 Å².